The third kappa shape index (κ3) is 24.8. The zero-order valence-electron chi connectivity index (χ0n) is 57.1. The number of rotatable bonds is 41. The predicted molar refractivity (Wildman–Crippen MR) is 384 cm³/mol. The molecule has 0 aliphatic heterocycles. The third-order valence-corrected chi connectivity index (χ3v) is 16.7. The Hall–Kier alpha value is -12.0. The van der Waals surface area contributed by atoms with Gasteiger partial charge in [0.25, 0.3) is 0 Å². The van der Waals surface area contributed by atoms with Crippen LogP contribution in [0.1, 0.15) is 88.8 Å². The van der Waals surface area contributed by atoms with Crippen molar-refractivity contribution in [2.75, 3.05) is 26.2 Å². The summed E-state index contributed by atoms with van der Waals surface area (Å²) in [5.41, 5.74) is 38.0. The number of benzene rings is 3. The highest BCUT2D eigenvalue weighted by molar-refractivity contribution is 6.00. The van der Waals surface area contributed by atoms with Crippen LogP contribution in [-0.4, -0.2) is 184 Å². The summed E-state index contributed by atoms with van der Waals surface area (Å²) in [6, 6.07) is 8.31. The molecule has 0 radical (unpaired) electrons. The number of aromatic nitrogens is 3. The lowest BCUT2D eigenvalue weighted by atomic mass is 10.0. The molecule has 3 aromatic heterocycles. The Morgan fingerprint density at radius 1 is 0.343 bits per heavy atom. The lowest BCUT2D eigenvalue weighted by Crippen LogP contribution is -2.60. The average Bonchev–Trinajstić information content (AvgIpc) is 1.65. The molecular weight excluding hydrogens is 1320 g/mol. The SMILES string of the molecule is C[C@H](NC(=O)[C@H](CCCNC(=N)N)NC(=O)[C@H](Cc1c[nH]c2ccccc12)NC(=O)[C@H](C)NC(=O)[C@H](CCCNC(=N)N)NC(=O)[C@H](CCCNC(=N)N)NC(=O)[C@H](Cc1c[nH]c2ccccc12)NC(=O)[C@H](C)NC(=O)[C@@H](N)CCCNC(=N)N)C(=O)N[C@@H](Cc1c[nH]c2ccccc12)C(N)=O. The van der Waals surface area contributed by atoms with Gasteiger partial charge >= 0.3 is 0 Å². The van der Waals surface area contributed by atoms with Crippen LogP contribution in [0.25, 0.3) is 32.7 Å². The summed E-state index contributed by atoms with van der Waals surface area (Å²) in [6.07, 6.45) is 5.27. The van der Waals surface area contributed by atoms with E-state index in [0.29, 0.717) is 34.0 Å². The van der Waals surface area contributed by atoms with Crippen LogP contribution in [0.4, 0.5) is 0 Å². The number of amides is 10. The Balaban J connectivity index is 1.22. The van der Waals surface area contributed by atoms with Crippen LogP contribution >= 0.6 is 0 Å². The number of carbonyl (C=O) groups excluding carboxylic acids is 10. The molecule has 10 amide bonds. The van der Waals surface area contributed by atoms with Gasteiger partial charge in [-0.15, -0.1) is 0 Å². The van der Waals surface area contributed by atoms with Crippen LogP contribution in [-0.2, 0) is 67.2 Å². The number of fused-ring (bicyclic) bond motifs is 3. The molecule has 10 atom stereocenters. The number of primary amides is 1. The number of hydrogen-bond donors (Lipinski definition) is 26. The first-order chi connectivity index (χ1) is 48.6. The lowest BCUT2D eigenvalue weighted by Gasteiger charge is -2.27. The maximum absolute atomic E-state index is 14.8. The average molecular weight is 1410 g/mol. The van der Waals surface area contributed by atoms with Crippen LogP contribution in [0.5, 0.6) is 0 Å². The van der Waals surface area contributed by atoms with Crippen LogP contribution in [0.3, 0.4) is 0 Å². The molecule has 36 heteroatoms. The second-order valence-electron chi connectivity index (χ2n) is 24.7. The molecule has 0 saturated carbocycles. The van der Waals surface area contributed by atoms with Crippen molar-refractivity contribution >= 4 is 116 Å². The molecule has 0 spiro atoms. The zero-order valence-corrected chi connectivity index (χ0v) is 57.1. The molecule has 0 aliphatic rings. The number of aromatic amines is 3. The molecule has 0 aliphatic carbocycles. The van der Waals surface area contributed by atoms with Crippen molar-refractivity contribution in [2.45, 2.75) is 152 Å². The molecule has 3 heterocycles. The quantitative estimate of drug-likeness (QED) is 0.0100. The number of carbonyl (C=O) groups is 10. The molecule has 0 unspecified atom stereocenters. The van der Waals surface area contributed by atoms with Crippen LogP contribution in [0, 0.1) is 21.6 Å². The van der Waals surface area contributed by atoms with Gasteiger partial charge in [-0.05, 0) is 107 Å². The molecule has 0 saturated heterocycles. The van der Waals surface area contributed by atoms with Gasteiger partial charge in [-0.2, -0.15) is 0 Å². The highest BCUT2D eigenvalue weighted by Gasteiger charge is 2.35. The molecule has 3 aromatic carbocycles. The minimum Gasteiger partial charge on any atom is -0.370 e. The van der Waals surface area contributed by atoms with Crippen molar-refractivity contribution < 1.29 is 47.9 Å². The second kappa shape index (κ2) is 39.0. The highest BCUT2D eigenvalue weighted by atomic mass is 16.2. The Morgan fingerprint density at radius 3 is 0.912 bits per heavy atom. The minimum absolute atomic E-state index is 0.0241. The van der Waals surface area contributed by atoms with Crippen molar-refractivity contribution in [1.29, 1.82) is 21.6 Å². The number of para-hydroxylation sites is 3. The van der Waals surface area contributed by atoms with Crippen LogP contribution < -0.4 is 104 Å². The summed E-state index contributed by atoms with van der Waals surface area (Å²) in [4.78, 5) is 151. The lowest BCUT2D eigenvalue weighted by molar-refractivity contribution is -0.136. The fraction of sp³-hybridized carbons (Fsp3) is 0.424. The molecule has 6 rings (SSSR count). The molecule has 32 N–H and O–H groups in total. The van der Waals surface area contributed by atoms with Gasteiger partial charge in [0.2, 0.25) is 59.1 Å². The topological polar surface area (TPSA) is 626 Å². The normalized spacial score (nSPS) is 14.0. The number of hydrogen-bond acceptors (Lipinski definition) is 15. The van der Waals surface area contributed by atoms with Crippen molar-refractivity contribution in [3.8, 4) is 0 Å². The predicted octanol–water partition coefficient (Wildman–Crippen LogP) is -3.55. The smallest absolute Gasteiger partial charge is 0.243 e. The van der Waals surface area contributed by atoms with E-state index in [9.17, 15) is 47.9 Å². The largest absolute Gasteiger partial charge is 0.370 e. The molecule has 0 bridgehead atoms. The van der Waals surface area contributed by atoms with Gasteiger partial charge in [0.05, 0.1) is 6.04 Å². The van der Waals surface area contributed by atoms with Gasteiger partial charge in [0.15, 0.2) is 23.8 Å². The summed E-state index contributed by atoms with van der Waals surface area (Å²) in [5.74, 6) is -9.69. The summed E-state index contributed by atoms with van der Waals surface area (Å²) in [5, 5.41) is 67.1. The van der Waals surface area contributed by atoms with E-state index >= 15 is 0 Å². The maximum Gasteiger partial charge on any atom is 0.243 e. The second-order valence-corrected chi connectivity index (χ2v) is 24.7. The fourth-order valence-corrected chi connectivity index (χ4v) is 11.1. The third-order valence-electron chi connectivity index (χ3n) is 16.7. The van der Waals surface area contributed by atoms with E-state index in [4.69, 9.17) is 56.0 Å². The van der Waals surface area contributed by atoms with Crippen LogP contribution in [0.15, 0.2) is 91.4 Å². The van der Waals surface area contributed by atoms with Crippen molar-refractivity contribution in [2.24, 2.45) is 34.4 Å². The van der Waals surface area contributed by atoms with E-state index in [1.807, 2.05) is 30.3 Å². The molecule has 0 fully saturated rings. The van der Waals surface area contributed by atoms with E-state index in [2.05, 4.69) is 84.1 Å². The first kappa shape index (κ1) is 79.0. The van der Waals surface area contributed by atoms with Gasteiger partial charge < -0.3 is 118 Å². The van der Waals surface area contributed by atoms with Crippen molar-refractivity contribution in [1.82, 2.24) is 84.1 Å². The van der Waals surface area contributed by atoms with E-state index < -0.39 is 119 Å². The fourth-order valence-electron chi connectivity index (χ4n) is 11.1. The Morgan fingerprint density at radius 2 is 0.598 bits per heavy atom. The minimum atomic E-state index is -1.47. The maximum atomic E-state index is 14.8. The molecular formula is C66H96N26O10. The molecule has 6 aromatic rings. The van der Waals surface area contributed by atoms with E-state index in [-0.39, 0.29) is 114 Å². The molecule has 550 valence electrons. The first-order valence-electron chi connectivity index (χ1n) is 33.3. The standard InChI is InChI=1S/C66H96N26O10/c1-34(84-57(97)43(67)17-10-24-77-63(69)70)55(95)91-52(30-39-33-83-46-20-9-6-16-42(39)46)62(102)89-49(23-13-27-80-66(75)76)60(100)87-47(21-11-25-78-64(71)72)58(98)86-36(3)56(96)92-51(29-38-32-82-45-19-8-5-15-41(38)45)61(101)88-48(22-12-26-79-65(73)74)59(99)85-35(2)54(94)90-50(53(68)93)28-37-31-81-44-18-7-4-14-40(37)44/h4-9,14-16,18-20,31-36,43,47-52,81-83H,10-13,17,21-30,67H2,1-3H3,(H2,68,93)(H,84,97)(H,85,99)(H,86,98)(H,87,100)(H,88,101)(H,89,102)(H,90,94)(H,91,95)(H,92,96)(H4,69,70,77)(H4,71,72,78)(H4,73,74,79)(H4,75,76,80)/t34-,35-,36-,43-,47-,48-,49-,50-,51-,52-/m0/s1. The van der Waals surface area contributed by atoms with Crippen molar-refractivity contribution in [3.05, 3.63) is 108 Å². The Labute approximate surface area is 587 Å². The number of nitrogens with one attached hydrogen (secondary N) is 20. The summed E-state index contributed by atoms with van der Waals surface area (Å²) >= 11 is 0. The summed E-state index contributed by atoms with van der Waals surface area (Å²) in [6.45, 7) is 4.56. The molecule has 36 nitrogen and oxygen atoms in total. The number of guanidine groups is 4. The van der Waals surface area contributed by atoms with E-state index in [1.165, 1.54) is 20.8 Å². The van der Waals surface area contributed by atoms with E-state index in [0.717, 1.165) is 21.8 Å². The summed E-state index contributed by atoms with van der Waals surface area (Å²) in [7, 11) is 0. The summed E-state index contributed by atoms with van der Waals surface area (Å²) < 4.78 is 0. The van der Waals surface area contributed by atoms with Gasteiger partial charge in [-0.1, -0.05) is 54.6 Å². The molecule has 102 heavy (non-hydrogen) atoms. The van der Waals surface area contributed by atoms with Gasteiger partial charge in [-0.25, -0.2) is 0 Å². The van der Waals surface area contributed by atoms with Gasteiger partial charge in [0, 0.05) is 96.7 Å². The zero-order chi connectivity index (χ0) is 74.6. The number of H-pyrrole nitrogens is 3. The monoisotopic (exact) mass is 1410 g/mol. The van der Waals surface area contributed by atoms with Gasteiger partial charge in [0.1, 0.15) is 54.4 Å². The Kier molecular flexibility index (Phi) is 30.2. The number of nitrogens with two attached hydrogens (primary N) is 6. The van der Waals surface area contributed by atoms with Gasteiger partial charge in [-0.3, -0.25) is 69.6 Å². The van der Waals surface area contributed by atoms with Crippen molar-refractivity contribution in [3.63, 3.8) is 0 Å². The first-order valence-corrected chi connectivity index (χ1v) is 33.3. The Bertz CT molecular complexity index is 3960. The highest BCUT2D eigenvalue weighted by Crippen LogP contribution is 2.23. The van der Waals surface area contributed by atoms with Crippen LogP contribution in [0.2, 0.25) is 0 Å². The van der Waals surface area contributed by atoms with E-state index in [1.54, 1.807) is 61.1 Å².